The van der Waals surface area contributed by atoms with Crippen LogP contribution in [0.4, 0.5) is 5.69 Å². The predicted molar refractivity (Wildman–Crippen MR) is 93.6 cm³/mol. The quantitative estimate of drug-likeness (QED) is 0.825. The first-order valence-corrected chi connectivity index (χ1v) is 8.68. The van der Waals surface area contributed by atoms with Gasteiger partial charge in [0, 0.05) is 17.0 Å². The highest BCUT2D eigenvalue weighted by Gasteiger charge is 2.21. The van der Waals surface area contributed by atoms with E-state index < -0.39 is 0 Å². The SMILES string of the molecule is CCc1[nH]nc(-c2cccc(Cl)c2)c1NC(=O)CC1CCCC1. The average molecular weight is 332 g/mol. The minimum atomic E-state index is 0.0799. The highest BCUT2D eigenvalue weighted by molar-refractivity contribution is 6.30. The van der Waals surface area contributed by atoms with Crippen molar-refractivity contribution in [2.24, 2.45) is 5.92 Å². The highest BCUT2D eigenvalue weighted by Crippen LogP contribution is 2.32. The zero-order chi connectivity index (χ0) is 16.2. The molecule has 1 heterocycles. The summed E-state index contributed by atoms with van der Waals surface area (Å²) in [7, 11) is 0. The zero-order valence-corrected chi connectivity index (χ0v) is 14.1. The van der Waals surface area contributed by atoms with Gasteiger partial charge >= 0.3 is 0 Å². The molecule has 122 valence electrons. The molecule has 2 N–H and O–H groups in total. The second-order valence-electron chi connectivity index (χ2n) is 6.19. The molecule has 0 radical (unpaired) electrons. The van der Waals surface area contributed by atoms with Gasteiger partial charge in [0.1, 0.15) is 5.69 Å². The third kappa shape index (κ3) is 3.75. The first-order valence-electron chi connectivity index (χ1n) is 8.30. The Labute approximate surface area is 141 Å². The van der Waals surface area contributed by atoms with E-state index in [2.05, 4.69) is 15.5 Å². The number of H-pyrrole nitrogens is 1. The van der Waals surface area contributed by atoms with Crippen LogP contribution in [0.2, 0.25) is 5.02 Å². The largest absolute Gasteiger partial charge is 0.323 e. The van der Waals surface area contributed by atoms with Gasteiger partial charge < -0.3 is 5.32 Å². The van der Waals surface area contributed by atoms with Crippen LogP contribution in [0.25, 0.3) is 11.3 Å². The number of aromatic nitrogens is 2. The average Bonchev–Trinajstić information content (AvgIpc) is 3.16. The van der Waals surface area contributed by atoms with Crippen LogP contribution in [0.3, 0.4) is 0 Å². The Morgan fingerprint density at radius 2 is 2.17 bits per heavy atom. The molecule has 2 aromatic rings. The van der Waals surface area contributed by atoms with Crippen LogP contribution in [0.1, 0.15) is 44.7 Å². The fourth-order valence-corrected chi connectivity index (χ4v) is 3.47. The Morgan fingerprint density at radius 1 is 1.39 bits per heavy atom. The van der Waals surface area contributed by atoms with Crippen molar-refractivity contribution in [2.45, 2.75) is 45.4 Å². The van der Waals surface area contributed by atoms with Gasteiger partial charge in [-0.05, 0) is 37.3 Å². The molecule has 1 aromatic carbocycles. The van der Waals surface area contributed by atoms with Gasteiger partial charge in [0.25, 0.3) is 0 Å². The zero-order valence-electron chi connectivity index (χ0n) is 13.4. The maximum Gasteiger partial charge on any atom is 0.224 e. The van der Waals surface area contributed by atoms with E-state index in [9.17, 15) is 4.79 Å². The molecule has 0 bridgehead atoms. The molecule has 0 saturated heterocycles. The van der Waals surface area contributed by atoms with Crippen LogP contribution in [0, 0.1) is 5.92 Å². The number of rotatable bonds is 5. The number of amides is 1. The number of hydrogen-bond donors (Lipinski definition) is 2. The summed E-state index contributed by atoms with van der Waals surface area (Å²) in [5.41, 5.74) is 3.39. The Hall–Kier alpha value is -1.81. The number of nitrogens with zero attached hydrogens (tertiary/aromatic N) is 1. The second-order valence-corrected chi connectivity index (χ2v) is 6.63. The lowest BCUT2D eigenvalue weighted by molar-refractivity contribution is -0.117. The van der Waals surface area contributed by atoms with Crippen LogP contribution in [-0.4, -0.2) is 16.1 Å². The monoisotopic (exact) mass is 331 g/mol. The standard InChI is InChI=1S/C18H22ClN3O/c1-2-15-18(20-16(23)10-12-6-3-4-7-12)17(22-21-15)13-8-5-9-14(19)11-13/h5,8-9,11-12H,2-4,6-7,10H2,1H3,(H,20,23)(H,21,22). The van der Waals surface area contributed by atoms with Crippen LogP contribution in [-0.2, 0) is 11.2 Å². The van der Waals surface area contributed by atoms with E-state index >= 15 is 0 Å². The summed E-state index contributed by atoms with van der Waals surface area (Å²) >= 11 is 6.08. The lowest BCUT2D eigenvalue weighted by atomic mass is 10.0. The molecule has 5 heteroatoms. The summed E-state index contributed by atoms with van der Waals surface area (Å²) in [6.07, 6.45) is 6.21. The summed E-state index contributed by atoms with van der Waals surface area (Å²) in [6.45, 7) is 2.04. The number of anilines is 1. The van der Waals surface area contributed by atoms with Gasteiger partial charge in [-0.1, -0.05) is 43.5 Å². The smallest absolute Gasteiger partial charge is 0.224 e. The molecule has 3 rings (SSSR count). The summed E-state index contributed by atoms with van der Waals surface area (Å²) < 4.78 is 0. The van der Waals surface area contributed by atoms with E-state index in [-0.39, 0.29) is 5.91 Å². The number of benzene rings is 1. The van der Waals surface area contributed by atoms with Crippen molar-refractivity contribution in [1.29, 1.82) is 0 Å². The Bertz CT molecular complexity index is 689. The number of aromatic amines is 1. The van der Waals surface area contributed by atoms with Gasteiger partial charge in [-0.25, -0.2) is 0 Å². The van der Waals surface area contributed by atoms with E-state index in [1.165, 1.54) is 25.7 Å². The highest BCUT2D eigenvalue weighted by atomic mass is 35.5. The van der Waals surface area contributed by atoms with Crippen molar-refractivity contribution in [1.82, 2.24) is 10.2 Å². The van der Waals surface area contributed by atoms with Crippen LogP contribution in [0.5, 0.6) is 0 Å². The van der Waals surface area contributed by atoms with Gasteiger partial charge in [0.2, 0.25) is 5.91 Å². The first-order chi connectivity index (χ1) is 11.2. The molecular weight excluding hydrogens is 310 g/mol. The summed E-state index contributed by atoms with van der Waals surface area (Å²) in [5.74, 6) is 0.609. The summed E-state index contributed by atoms with van der Waals surface area (Å²) in [6, 6.07) is 7.54. The molecular formula is C18H22ClN3O. The molecule has 1 fully saturated rings. The Kier molecular flexibility index (Phi) is 5.01. The normalized spacial score (nSPS) is 15.0. The molecule has 1 aromatic heterocycles. The van der Waals surface area contributed by atoms with Crippen molar-refractivity contribution in [2.75, 3.05) is 5.32 Å². The van der Waals surface area contributed by atoms with Crippen molar-refractivity contribution in [3.8, 4) is 11.3 Å². The predicted octanol–water partition coefficient (Wildman–Crippen LogP) is 4.81. The molecule has 1 amide bonds. The fourth-order valence-electron chi connectivity index (χ4n) is 3.28. The number of nitrogens with one attached hydrogen (secondary N) is 2. The van der Waals surface area contributed by atoms with Gasteiger partial charge in [-0.2, -0.15) is 5.10 Å². The van der Waals surface area contributed by atoms with Gasteiger partial charge in [-0.15, -0.1) is 0 Å². The molecule has 4 nitrogen and oxygen atoms in total. The summed E-state index contributed by atoms with van der Waals surface area (Å²) in [4.78, 5) is 12.4. The lowest BCUT2D eigenvalue weighted by Crippen LogP contribution is -2.16. The first kappa shape index (κ1) is 16.1. The van der Waals surface area contributed by atoms with Crippen molar-refractivity contribution in [3.63, 3.8) is 0 Å². The molecule has 0 aliphatic heterocycles. The van der Waals surface area contributed by atoms with Gasteiger partial charge in [0.05, 0.1) is 11.4 Å². The number of carbonyl (C=O) groups is 1. The molecule has 1 saturated carbocycles. The molecule has 23 heavy (non-hydrogen) atoms. The molecule has 0 atom stereocenters. The topological polar surface area (TPSA) is 57.8 Å². The molecule has 1 aliphatic carbocycles. The van der Waals surface area contributed by atoms with Crippen molar-refractivity contribution < 1.29 is 4.79 Å². The lowest BCUT2D eigenvalue weighted by Gasteiger charge is -2.11. The molecule has 0 unspecified atom stereocenters. The van der Waals surface area contributed by atoms with Crippen LogP contribution >= 0.6 is 11.6 Å². The minimum absolute atomic E-state index is 0.0799. The van der Waals surface area contributed by atoms with E-state index in [1.807, 2.05) is 31.2 Å². The van der Waals surface area contributed by atoms with Gasteiger partial charge in [0.15, 0.2) is 0 Å². The van der Waals surface area contributed by atoms with E-state index in [1.54, 1.807) is 0 Å². The Balaban J connectivity index is 1.82. The van der Waals surface area contributed by atoms with Crippen LogP contribution < -0.4 is 5.32 Å². The third-order valence-corrected chi connectivity index (χ3v) is 4.74. The molecule has 1 aliphatic rings. The van der Waals surface area contributed by atoms with Crippen molar-refractivity contribution in [3.05, 3.63) is 35.0 Å². The number of aryl methyl sites for hydroxylation is 1. The van der Waals surface area contributed by atoms with E-state index in [4.69, 9.17) is 11.6 Å². The van der Waals surface area contributed by atoms with E-state index in [0.29, 0.717) is 17.4 Å². The maximum absolute atomic E-state index is 12.4. The molecule has 0 spiro atoms. The second kappa shape index (κ2) is 7.18. The number of carbonyl (C=O) groups excluding carboxylic acids is 1. The maximum atomic E-state index is 12.4. The fraction of sp³-hybridized carbons (Fsp3) is 0.444. The Morgan fingerprint density at radius 3 is 2.87 bits per heavy atom. The minimum Gasteiger partial charge on any atom is -0.323 e. The van der Waals surface area contributed by atoms with Gasteiger partial charge in [-0.3, -0.25) is 9.89 Å². The van der Waals surface area contributed by atoms with E-state index in [0.717, 1.165) is 29.1 Å². The number of halogens is 1. The summed E-state index contributed by atoms with van der Waals surface area (Å²) in [5, 5.41) is 11.2. The van der Waals surface area contributed by atoms with Crippen molar-refractivity contribution >= 4 is 23.2 Å². The number of hydrogen-bond acceptors (Lipinski definition) is 2. The third-order valence-electron chi connectivity index (χ3n) is 4.51. The van der Waals surface area contributed by atoms with Crippen LogP contribution in [0.15, 0.2) is 24.3 Å².